The third kappa shape index (κ3) is 2.74. The summed E-state index contributed by atoms with van der Waals surface area (Å²) in [5.74, 6) is -0.286. The number of nitrogens with zero attached hydrogens (tertiary/aromatic N) is 1. The molecule has 92 valence electrons. The van der Waals surface area contributed by atoms with Crippen molar-refractivity contribution < 1.29 is 9.53 Å². The van der Waals surface area contributed by atoms with Gasteiger partial charge in [0.1, 0.15) is 0 Å². The van der Waals surface area contributed by atoms with Gasteiger partial charge in [0.05, 0.1) is 12.2 Å². The highest BCUT2D eigenvalue weighted by molar-refractivity contribution is 5.90. The molecule has 1 aromatic carbocycles. The Morgan fingerprint density at radius 1 is 1.11 bits per heavy atom. The molecule has 0 unspecified atom stereocenters. The van der Waals surface area contributed by atoms with Gasteiger partial charge in [-0.1, -0.05) is 18.2 Å². The molecule has 0 saturated heterocycles. The van der Waals surface area contributed by atoms with E-state index in [0.717, 1.165) is 16.8 Å². The number of benzene rings is 1. The lowest BCUT2D eigenvalue weighted by Gasteiger charge is -2.04. The first kappa shape index (κ1) is 12.3. The SMILES string of the molecule is CCOC(=O)c1ccc(-c2ccc(C)nc2)cc1. The van der Waals surface area contributed by atoms with Crippen molar-refractivity contribution in [3.8, 4) is 11.1 Å². The molecule has 18 heavy (non-hydrogen) atoms. The molecular weight excluding hydrogens is 226 g/mol. The van der Waals surface area contributed by atoms with Crippen LogP contribution in [0.25, 0.3) is 11.1 Å². The van der Waals surface area contributed by atoms with Crippen LogP contribution in [-0.2, 0) is 4.74 Å². The molecule has 0 bridgehead atoms. The minimum Gasteiger partial charge on any atom is -0.462 e. The molecule has 3 heteroatoms. The fourth-order valence-electron chi connectivity index (χ4n) is 1.65. The number of pyridine rings is 1. The van der Waals surface area contributed by atoms with Crippen molar-refractivity contribution in [2.45, 2.75) is 13.8 Å². The molecule has 0 aliphatic carbocycles. The van der Waals surface area contributed by atoms with E-state index in [4.69, 9.17) is 4.74 Å². The largest absolute Gasteiger partial charge is 0.462 e. The quantitative estimate of drug-likeness (QED) is 0.774. The Bertz CT molecular complexity index is 529. The fourth-order valence-corrected chi connectivity index (χ4v) is 1.65. The predicted molar refractivity (Wildman–Crippen MR) is 70.4 cm³/mol. The zero-order chi connectivity index (χ0) is 13.0. The number of hydrogen-bond acceptors (Lipinski definition) is 3. The van der Waals surface area contributed by atoms with Gasteiger partial charge in [0, 0.05) is 17.5 Å². The van der Waals surface area contributed by atoms with Crippen LogP contribution in [0.15, 0.2) is 42.6 Å². The molecule has 0 N–H and O–H groups in total. The third-order valence-corrected chi connectivity index (χ3v) is 2.64. The number of aromatic nitrogens is 1. The second-order valence-corrected chi connectivity index (χ2v) is 3.99. The Morgan fingerprint density at radius 3 is 2.33 bits per heavy atom. The molecule has 0 radical (unpaired) electrons. The van der Waals surface area contributed by atoms with Gasteiger partial charge in [-0.15, -0.1) is 0 Å². The minimum absolute atomic E-state index is 0.286. The first-order valence-electron chi connectivity index (χ1n) is 5.91. The molecule has 0 amide bonds. The maximum atomic E-state index is 11.5. The first-order valence-corrected chi connectivity index (χ1v) is 5.91. The summed E-state index contributed by atoms with van der Waals surface area (Å²) < 4.78 is 4.94. The van der Waals surface area contributed by atoms with Gasteiger partial charge in [-0.3, -0.25) is 4.98 Å². The molecule has 0 spiro atoms. The fraction of sp³-hybridized carbons (Fsp3) is 0.200. The average Bonchev–Trinajstić information content (AvgIpc) is 2.40. The predicted octanol–water partition coefficient (Wildman–Crippen LogP) is 3.23. The van der Waals surface area contributed by atoms with Gasteiger partial charge in [-0.2, -0.15) is 0 Å². The van der Waals surface area contributed by atoms with Crippen molar-refractivity contribution in [3.05, 3.63) is 53.9 Å². The number of aryl methyl sites for hydroxylation is 1. The van der Waals surface area contributed by atoms with Gasteiger partial charge in [0.2, 0.25) is 0 Å². The second-order valence-electron chi connectivity index (χ2n) is 3.99. The minimum atomic E-state index is -0.286. The number of rotatable bonds is 3. The van der Waals surface area contributed by atoms with E-state index in [2.05, 4.69) is 4.98 Å². The number of carbonyl (C=O) groups excluding carboxylic acids is 1. The summed E-state index contributed by atoms with van der Waals surface area (Å²) in [7, 11) is 0. The second kappa shape index (κ2) is 5.45. The zero-order valence-electron chi connectivity index (χ0n) is 10.5. The molecule has 0 aliphatic heterocycles. The summed E-state index contributed by atoms with van der Waals surface area (Å²) in [5.41, 5.74) is 3.63. The monoisotopic (exact) mass is 241 g/mol. The Kier molecular flexibility index (Phi) is 3.72. The number of hydrogen-bond donors (Lipinski definition) is 0. The lowest BCUT2D eigenvalue weighted by atomic mass is 10.1. The highest BCUT2D eigenvalue weighted by atomic mass is 16.5. The summed E-state index contributed by atoms with van der Waals surface area (Å²) in [6.07, 6.45) is 1.83. The molecule has 0 saturated carbocycles. The molecule has 1 heterocycles. The Morgan fingerprint density at radius 2 is 1.78 bits per heavy atom. The zero-order valence-corrected chi connectivity index (χ0v) is 10.5. The summed E-state index contributed by atoms with van der Waals surface area (Å²) >= 11 is 0. The van der Waals surface area contributed by atoms with Gasteiger partial charge in [-0.25, -0.2) is 4.79 Å². The lowest BCUT2D eigenvalue weighted by Crippen LogP contribution is -2.03. The van der Waals surface area contributed by atoms with Crippen molar-refractivity contribution in [2.75, 3.05) is 6.61 Å². The van der Waals surface area contributed by atoms with E-state index in [1.54, 1.807) is 19.1 Å². The van der Waals surface area contributed by atoms with Crippen molar-refractivity contribution in [2.24, 2.45) is 0 Å². The van der Waals surface area contributed by atoms with Crippen LogP contribution in [-0.4, -0.2) is 17.6 Å². The van der Waals surface area contributed by atoms with Crippen molar-refractivity contribution >= 4 is 5.97 Å². The van der Waals surface area contributed by atoms with Crippen molar-refractivity contribution in [1.29, 1.82) is 0 Å². The normalized spacial score (nSPS) is 10.1. The Balaban J connectivity index is 2.22. The number of carbonyl (C=O) groups is 1. The van der Waals surface area contributed by atoms with Crippen LogP contribution in [0, 0.1) is 6.92 Å². The summed E-state index contributed by atoms with van der Waals surface area (Å²) in [6, 6.07) is 11.3. The van der Waals surface area contributed by atoms with Crippen LogP contribution in [0.2, 0.25) is 0 Å². The van der Waals surface area contributed by atoms with Crippen LogP contribution in [0.1, 0.15) is 23.0 Å². The summed E-state index contributed by atoms with van der Waals surface area (Å²) in [6.45, 7) is 4.14. The standard InChI is InChI=1S/C15H15NO2/c1-3-18-15(17)13-8-6-12(7-9-13)14-5-4-11(2)16-10-14/h4-10H,3H2,1-2H3. The van der Waals surface area contributed by atoms with Crippen LogP contribution in [0.4, 0.5) is 0 Å². The highest BCUT2D eigenvalue weighted by Gasteiger charge is 2.06. The average molecular weight is 241 g/mol. The van der Waals surface area contributed by atoms with E-state index >= 15 is 0 Å². The molecule has 2 aromatic rings. The van der Waals surface area contributed by atoms with Crippen LogP contribution in [0.3, 0.4) is 0 Å². The first-order chi connectivity index (χ1) is 8.70. The topological polar surface area (TPSA) is 39.2 Å². The van der Waals surface area contributed by atoms with Crippen LogP contribution >= 0.6 is 0 Å². The summed E-state index contributed by atoms with van der Waals surface area (Å²) in [4.78, 5) is 15.8. The molecule has 0 aliphatic rings. The van der Waals surface area contributed by atoms with Gasteiger partial charge in [0.15, 0.2) is 0 Å². The van der Waals surface area contributed by atoms with Crippen LogP contribution in [0.5, 0.6) is 0 Å². The Labute approximate surface area is 106 Å². The van der Waals surface area contributed by atoms with Gasteiger partial charge in [-0.05, 0) is 37.6 Å². The molecule has 0 fully saturated rings. The molecule has 0 atom stereocenters. The lowest BCUT2D eigenvalue weighted by molar-refractivity contribution is 0.0526. The number of ether oxygens (including phenoxy) is 1. The molecular formula is C15H15NO2. The van der Waals surface area contributed by atoms with E-state index in [0.29, 0.717) is 12.2 Å². The highest BCUT2D eigenvalue weighted by Crippen LogP contribution is 2.19. The maximum Gasteiger partial charge on any atom is 0.338 e. The molecule has 2 rings (SSSR count). The third-order valence-electron chi connectivity index (χ3n) is 2.64. The van der Waals surface area contributed by atoms with E-state index in [-0.39, 0.29) is 5.97 Å². The van der Waals surface area contributed by atoms with E-state index < -0.39 is 0 Å². The number of esters is 1. The van der Waals surface area contributed by atoms with Gasteiger partial charge >= 0.3 is 5.97 Å². The van der Waals surface area contributed by atoms with Crippen molar-refractivity contribution in [3.63, 3.8) is 0 Å². The molecule has 1 aromatic heterocycles. The smallest absolute Gasteiger partial charge is 0.338 e. The van der Waals surface area contributed by atoms with Gasteiger partial charge in [0.25, 0.3) is 0 Å². The maximum absolute atomic E-state index is 11.5. The van der Waals surface area contributed by atoms with Crippen molar-refractivity contribution in [1.82, 2.24) is 4.98 Å². The Hall–Kier alpha value is -2.16. The van der Waals surface area contributed by atoms with Crippen LogP contribution < -0.4 is 0 Å². The van der Waals surface area contributed by atoms with E-state index in [9.17, 15) is 4.79 Å². The molecule has 3 nitrogen and oxygen atoms in total. The summed E-state index contributed by atoms with van der Waals surface area (Å²) in [5, 5.41) is 0. The van der Waals surface area contributed by atoms with E-state index in [1.165, 1.54) is 0 Å². The van der Waals surface area contributed by atoms with E-state index in [1.807, 2.05) is 37.4 Å². The van der Waals surface area contributed by atoms with Gasteiger partial charge < -0.3 is 4.74 Å².